The molecule has 23 heavy (non-hydrogen) atoms. The summed E-state index contributed by atoms with van der Waals surface area (Å²) in [5.41, 5.74) is 7.15. The summed E-state index contributed by atoms with van der Waals surface area (Å²) in [6.07, 6.45) is 8.57. The lowest BCUT2D eigenvalue weighted by atomic mass is 9.88. The summed E-state index contributed by atoms with van der Waals surface area (Å²) < 4.78 is 0. The second-order valence-electron chi connectivity index (χ2n) is 6.85. The first kappa shape index (κ1) is 16.3. The van der Waals surface area contributed by atoms with E-state index in [1.807, 2.05) is 0 Å². The topological polar surface area (TPSA) is 84.2 Å². The van der Waals surface area contributed by atoms with Crippen molar-refractivity contribution >= 4 is 28.3 Å². The molecule has 0 bridgehead atoms. The molecule has 1 aromatic heterocycles. The summed E-state index contributed by atoms with van der Waals surface area (Å²) in [5, 5.41) is 6.52. The molecule has 0 aliphatic heterocycles. The number of amides is 3. The standard InChI is InChI=1S/C17H25N3O2S/c1-10-7-8-12-13(9-10)23-16(14(12)15(18)21)20-17(22)19-11-5-3-2-4-6-11/h10-11H,2-9H2,1H3,(H2,18,21)(H2,19,20,22). The van der Waals surface area contributed by atoms with Gasteiger partial charge in [-0.15, -0.1) is 11.3 Å². The molecule has 4 N–H and O–H groups in total. The van der Waals surface area contributed by atoms with Crippen LogP contribution in [0.15, 0.2) is 0 Å². The van der Waals surface area contributed by atoms with E-state index in [-0.39, 0.29) is 12.1 Å². The van der Waals surface area contributed by atoms with E-state index in [1.165, 1.54) is 35.5 Å². The molecule has 2 aliphatic carbocycles. The predicted molar refractivity (Wildman–Crippen MR) is 93.1 cm³/mol. The number of primary amides is 1. The third kappa shape index (κ3) is 3.68. The molecule has 0 radical (unpaired) electrons. The first-order valence-corrected chi connectivity index (χ1v) is 9.38. The zero-order valence-electron chi connectivity index (χ0n) is 13.6. The van der Waals surface area contributed by atoms with Gasteiger partial charge in [-0.1, -0.05) is 26.2 Å². The lowest BCUT2D eigenvalue weighted by molar-refractivity contribution is 0.100. The van der Waals surface area contributed by atoms with Gasteiger partial charge >= 0.3 is 6.03 Å². The Balaban J connectivity index is 1.74. The number of carbonyl (C=O) groups is 2. The minimum Gasteiger partial charge on any atom is -0.365 e. The highest BCUT2D eigenvalue weighted by molar-refractivity contribution is 7.17. The number of fused-ring (bicyclic) bond motifs is 1. The summed E-state index contributed by atoms with van der Waals surface area (Å²) in [7, 11) is 0. The van der Waals surface area contributed by atoms with Crippen molar-refractivity contribution in [3.63, 3.8) is 0 Å². The molecule has 2 aliphatic rings. The van der Waals surface area contributed by atoms with E-state index in [9.17, 15) is 9.59 Å². The van der Waals surface area contributed by atoms with E-state index in [1.54, 1.807) is 0 Å². The highest BCUT2D eigenvalue weighted by Crippen LogP contribution is 2.39. The van der Waals surface area contributed by atoms with Gasteiger partial charge in [0.1, 0.15) is 5.00 Å². The van der Waals surface area contributed by atoms with Gasteiger partial charge in [0.05, 0.1) is 5.56 Å². The lowest BCUT2D eigenvalue weighted by Gasteiger charge is -2.22. The number of rotatable bonds is 3. The third-order valence-electron chi connectivity index (χ3n) is 4.93. The quantitative estimate of drug-likeness (QED) is 0.790. The molecular weight excluding hydrogens is 310 g/mol. The number of thiophene rings is 1. The molecule has 126 valence electrons. The average molecular weight is 335 g/mol. The maximum Gasteiger partial charge on any atom is 0.320 e. The van der Waals surface area contributed by atoms with Crippen LogP contribution in [0.4, 0.5) is 9.80 Å². The second-order valence-corrected chi connectivity index (χ2v) is 7.96. The molecule has 1 fully saturated rings. The van der Waals surface area contributed by atoms with E-state index < -0.39 is 5.91 Å². The zero-order valence-corrected chi connectivity index (χ0v) is 14.4. The highest BCUT2D eigenvalue weighted by atomic mass is 32.1. The molecule has 1 unspecified atom stereocenters. The monoisotopic (exact) mass is 335 g/mol. The van der Waals surface area contributed by atoms with Crippen LogP contribution in [0, 0.1) is 5.92 Å². The van der Waals surface area contributed by atoms with Crippen molar-refractivity contribution in [3.8, 4) is 0 Å². The van der Waals surface area contributed by atoms with E-state index in [0.29, 0.717) is 16.5 Å². The van der Waals surface area contributed by atoms with Crippen LogP contribution in [0.25, 0.3) is 0 Å². The maximum atomic E-state index is 12.3. The van der Waals surface area contributed by atoms with Crippen molar-refractivity contribution in [2.75, 3.05) is 5.32 Å². The Morgan fingerprint density at radius 2 is 1.91 bits per heavy atom. The predicted octanol–water partition coefficient (Wildman–Crippen LogP) is 3.43. The van der Waals surface area contributed by atoms with Crippen LogP contribution in [0.5, 0.6) is 0 Å². The Morgan fingerprint density at radius 3 is 2.61 bits per heavy atom. The number of nitrogens with one attached hydrogen (secondary N) is 2. The number of nitrogens with two attached hydrogens (primary N) is 1. The number of anilines is 1. The van der Waals surface area contributed by atoms with Crippen LogP contribution in [0.3, 0.4) is 0 Å². The van der Waals surface area contributed by atoms with Crippen molar-refractivity contribution in [1.29, 1.82) is 0 Å². The zero-order chi connectivity index (χ0) is 16.4. The van der Waals surface area contributed by atoms with Crippen molar-refractivity contribution in [3.05, 3.63) is 16.0 Å². The molecule has 0 spiro atoms. The van der Waals surface area contributed by atoms with Crippen LogP contribution in [-0.4, -0.2) is 18.0 Å². The van der Waals surface area contributed by atoms with Gasteiger partial charge in [0.2, 0.25) is 0 Å². The summed E-state index contributed by atoms with van der Waals surface area (Å²) >= 11 is 1.51. The minimum absolute atomic E-state index is 0.217. The van der Waals surface area contributed by atoms with E-state index >= 15 is 0 Å². The number of carbonyl (C=O) groups excluding carboxylic acids is 2. The Hall–Kier alpha value is -1.56. The molecule has 5 nitrogen and oxygen atoms in total. The molecule has 0 saturated heterocycles. The van der Waals surface area contributed by atoms with Gasteiger partial charge < -0.3 is 11.1 Å². The molecule has 1 saturated carbocycles. The average Bonchev–Trinajstić information content (AvgIpc) is 2.84. The van der Waals surface area contributed by atoms with Crippen LogP contribution < -0.4 is 16.4 Å². The summed E-state index contributed by atoms with van der Waals surface area (Å²) in [6, 6.07) is 0.0291. The fraction of sp³-hybridized carbons (Fsp3) is 0.647. The Bertz CT molecular complexity index is 605. The molecule has 1 heterocycles. The third-order valence-corrected chi connectivity index (χ3v) is 6.10. The number of hydrogen-bond donors (Lipinski definition) is 3. The van der Waals surface area contributed by atoms with Crippen LogP contribution >= 0.6 is 11.3 Å². The fourth-order valence-electron chi connectivity index (χ4n) is 3.67. The van der Waals surface area contributed by atoms with Gasteiger partial charge in [0, 0.05) is 10.9 Å². The van der Waals surface area contributed by atoms with Gasteiger partial charge in [-0.2, -0.15) is 0 Å². The first-order valence-electron chi connectivity index (χ1n) is 8.56. The lowest BCUT2D eigenvalue weighted by Crippen LogP contribution is -2.39. The Morgan fingerprint density at radius 1 is 1.17 bits per heavy atom. The molecule has 0 aromatic carbocycles. The molecule has 6 heteroatoms. The molecular formula is C17H25N3O2S. The van der Waals surface area contributed by atoms with Gasteiger partial charge in [-0.05, 0) is 43.6 Å². The maximum absolute atomic E-state index is 12.3. The summed E-state index contributed by atoms with van der Waals surface area (Å²) in [6.45, 7) is 2.22. The fourth-order valence-corrected chi connectivity index (χ4v) is 5.08. The second kappa shape index (κ2) is 6.91. The summed E-state index contributed by atoms with van der Waals surface area (Å²) in [4.78, 5) is 25.3. The molecule has 3 amide bonds. The number of urea groups is 1. The van der Waals surface area contributed by atoms with Crippen molar-refractivity contribution in [2.24, 2.45) is 11.7 Å². The largest absolute Gasteiger partial charge is 0.365 e. The first-order chi connectivity index (χ1) is 11.0. The van der Waals surface area contributed by atoms with Crippen LogP contribution in [0.2, 0.25) is 0 Å². The van der Waals surface area contributed by atoms with Gasteiger partial charge in [0.25, 0.3) is 5.91 Å². The van der Waals surface area contributed by atoms with Crippen molar-refractivity contribution < 1.29 is 9.59 Å². The van der Waals surface area contributed by atoms with E-state index in [2.05, 4.69) is 17.6 Å². The van der Waals surface area contributed by atoms with Gasteiger partial charge in [-0.3, -0.25) is 10.1 Å². The van der Waals surface area contributed by atoms with E-state index in [0.717, 1.165) is 37.7 Å². The Kier molecular flexibility index (Phi) is 4.90. The highest BCUT2D eigenvalue weighted by Gasteiger charge is 2.27. The van der Waals surface area contributed by atoms with E-state index in [4.69, 9.17) is 5.73 Å². The molecule has 1 atom stereocenters. The van der Waals surface area contributed by atoms with Crippen LogP contribution in [-0.2, 0) is 12.8 Å². The number of hydrogen-bond acceptors (Lipinski definition) is 3. The van der Waals surface area contributed by atoms with Crippen LogP contribution in [0.1, 0.15) is 66.2 Å². The molecule has 1 aromatic rings. The van der Waals surface area contributed by atoms with Crippen molar-refractivity contribution in [2.45, 2.75) is 64.3 Å². The SMILES string of the molecule is CC1CCc2c(sc(NC(=O)NC3CCCCC3)c2C(N)=O)C1. The minimum atomic E-state index is -0.440. The smallest absolute Gasteiger partial charge is 0.320 e. The Labute approximate surface area is 141 Å². The van der Waals surface area contributed by atoms with Gasteiger partial charge in [0.15, 0.2) is 0 Å². The normalized spacial score (nSPS) is 21.5. The molecule has 3 rings (SSSR count). The summed E-state index contributed by atoms with van der Waals surface area (Å²) in [5.74, 6) is 0.177. The van der Waals surface area contributed by atoms with Crippen molar-refractivity contribution in [1.82, 2.24) is 5.32 Å². The van der Waals surface area contributed by atoms with Gasteiger partial charge in [-0.25, -0.2) is 4.79 Å².